The highest BCUT2D eigenvalue weighted by atomic mass is 35.5. The maximum Gasteiger partial charge on any atom is 0.281 e. The molecule has 4 nitrogen and oxygen atoms in total. The predicted octanol–water partition coefficient (Wildman–Crippen LogP) is 4.64. The van der Waals surface area contributed by atoms with Gasteiger partial charge in [-0.05, 0) is 19.9 Å². The summed E-state index contributed by atoms with van der Waals surface area (Å²) in [6.45, 7) is 3.75. The minimum atomic E-state index is -0.483. The van der Waals surface area contributed by atoms with Gasteiger partial charge >= 0.3 is 0 Å². The van der Waals surface area contributed by atoms with E-state index in [9.17, 15) is 10.1 Å². The average molecular weight is 303 g/mol. The van der Waals surface area contributed by atoms with Crippen molar-refractivity contribution in [1.82, 2.24) is 4.98 Å². The van der Waals surface area contributed by atoms with Crippen LogP contribution >= 0.6 is 34.5 Å². The second-order valence-electron chi connectivity index (χ2n) is 3.67. The van der Waals surface area contributed by atoms with Crippen molar-refractivity contribution in [3.63, 3.8) is 0 Å². The van der Waals surface area contributed by atoms with Crippen LogP contribution in [0.3, 0.4) is 0 Å². The lowest BCUT2D eigenvalue weighted by molar-refractivity contribution is -0.384. The minimum Gasteiger partial charge on any atom is -0.258 e. The first-order chi connectivity index (χ1) is 8.41. The number of nitrogens with zero attached hydrogens (tertiary/aromatic N) is 2. The summed E-state index contributed by atoms with van der Waals surface area (Å²) in [4.78, 5) is 15.8. The maximum absolute atomic E-state index is 11.0. The quantitative estimate of drug-likeness (QED) is 0.599. The fourth-order valence-corrected chi connectivity index (χ4v) is 2.91. The molecule has 2 aromatic rings. The van der Waals surface area contributed by atoms with E-state index in [-0.39, 0.29) is 21.3 Å². The van der Waals surface area contributed by atoms with E-state index >= 15 is 0 Å². The lowest BCUT2D eigenvalue weighted by Gasteiger charge is -2.03. The predicted molar refractivity (Wildman–Crippen MR) is 73.7 cm³/mol. The van der Waals surface area contributed by atoms with Gasteiger partial charge in [-0.15, -0.1) is 11.3 Å². The molecule has 0 fully saturated rings. The third kappa shape index (κ3) is 2.21. The van der Waals surface area contributed by atoms with Crippen LogP contribution in [0.2, 0.25) is 10.0 Å². The Labute approximate surface area is 117 Å². The molecular formula is C11H8Cl2N2O2S. The number of thiazole rings is 1. The SMILES string of the molecule is Cc1nc(-c2c([N+](=O)[O-])ccc(Cl)c2Cl)sc1C. The van der Waals surface area contributed by atoms with E-state index in [1.165, 1.54) is 23.5 Å². The molecular weight excluding hydrogens is 295 g/mol. The second kappa shape index (κ2) is 4.84. The molecule has 0 aliphatic heterocycles. The van der Waals surface area contributed by atoms with Crippen LogP contribution in [0.25, 0.3) is 10.6 Å². The van der Waals surface area contributed by atoms with Gasteiger partial charge < -0.3 is 0 Å². The van der Waals surface area contributed by atoms with Crippen LogP contribution in [-0.4, -0.2) is 9.91 Å². The molecule has 1 aromatic carbocycles. The number of nitro benzene ring substituents is 1. The summed E-state index contributed by atoms with van der Waals surface area (Å²) in [5, 5.41) is 12.0. The van der Waals surface area contributed by atoms with Gasteiger partial charge in [-0.3, -0.25) is 10.1 Å². The summed E-state index contributed by atoms with van der Waals surface area (Å²) in [7, 11) is 0. The van der Waals surface area contributed by atoms with Gasteiger partial charge in [0.25, 0.3) is 5.69 Å². The highest BCUT2D eigenvalue weighted by molar-refractivity contribution is 7.15. The van der Waals surface area contributed by atoms with Gasteiger partial charge in [0.15, 0.2) is 0 Å². The van der Waals surface area contributed by atoms with Crippen molar-refractivity contribution in [1.29, 1.82) is 0 Å². The van der Waals surface area contributed by atoms with Crippen molar-refractivity contribution in [2.75, 3.05) is 0 Å². The first-order valence-corrected chi connectivity index (χ1v) is 6.56. The van der Waals surface area contributed by atoms with Gasteiger partial charge in [0.1, 0.15) is 10.6 Å². The van der Waals surface area contributed by atoms with Gasteiger partial charge in [-0.1, -0.05) is 23.2 Å². The molecule has 2 rings (SSSR count). The summed E-state index contributed by atoms with van der Waals surface area (Å²) in [5.74, 6) is 0. The standard InChI is InChI=1S/C11H8Cl2N2O2S/c1-5-6(2)18-11(14-5)9-8(15(16)17)4-3-7(12)10(9)13/h3-4H,1-2H3. The lowest BCUT2D eigenvalue weighted by Crippen LogP contribution is -1.93. The van der Waals surface area contributed by atoms with Crippen LogP contribution < -0.4 is 0 Å². The first-order valence-electron chi connectivity index (χ1n) is 4.98. The first kappa shape index (κ1) is 13.3. The van der Waals surface area contributed by atoms with E-state index in [4.69, 9.17) is 23.2 Å². The fourth-order valence-electron chi connectivity index (χ4n) is 1.48. The maximum atomic E-state index is 11.0. The van der Waals surface area contributed by atoms with Gasteiger partial charge in [0.05, 0.1) is 20.7 Å². The van der Waals surface area contributed by atoms with Crippen molar-refractivity contribution in [3.05, 3.63) is 42.9 Å². The van der Waals surface area contributed by atoms with Crippen LogP contribution in [0, 0.1) is 24.0 Å². The minimum absolute atomic E-state index is 0.0850. The second-order valence-corrected chi connectivity index (χ2v) is 5.66. The Bertz CT molecular complexity index is 621. The number of halogens is 2. The van der Waals surface area contributed by atoms with Crippen molar-refractivity contribution in [2.24, 2.45) is 0 Å². The zero-order valence-electron chi connectivity index (χ0n) is 9.53. The summed E-state index contributed by atoms with van der Waals surface area (Å²) in [6, 6.07) is 2.76. The Morgan fingerprint density at radius 2 is 2.00 bits per heavy atom. The topological polar surface area (TPSA) is 56.0 Å². The van der Waals surface area contributed by atoms with E-state index in [0.717, 1.165) is 10.6 Å². The smallest absolute Gasteiger partial charge is 0.258 e. The number of hydrogen-bond donors (Lipinski definition) is 0. The van der Waals surface area contributed by atoms with E-state index in [0.29, 0.717) is 5.01 Å². The molecule has 94 valence electrons. The number of benzene rings is 1. The fraction of sp³-hybridized carbons (Fsp3) is 0.182. The monoisotopic (exact) mass is 302 g/mol. The van der Waals surface area contributed by atoms with Crippen LogP contribution in [0.4, 0.5) is 5.69 Å². The number of aryl methyl sites for hydroxylation is 2. The molecule has 0 aliphatic carbocycles. The Morgan fingerprint density at radius 1 is 1.33 bits per heavy atom. The van der Waals surface area contributed by atoms with E-state index in [1.54, 1.807) is 0 Å². The molecule has 0 radical (unpaired) electrons. The third-order valence-corrected chi connectivity index (χ3v) is 4.41. The zero-order chi connectivity index (χ0) is 13.4. The molecule has 18 heavy (non-hydrogen) atoms. The summed E-state index contributed by atoms with van der Waals surface area (Å²) >= 11 is 13.3. The van der Waals surface area contributed by atoms with Crippen molar-refractivity contribution in [3.8, 4) is 10.6 Å². The summed E-state index contributed by atoms with van der Waals surface area (Å²) in [6.07, 6.45) is 0. The highest BCUT2D eigenvalue weighted by Gasteiger charge is 2.23. The molecule has 0 saturated carbocycles. The molecule has 1 aromatic heterocycles. The van der Waals surface area contributed by atoms with E-state index < -0.39 is 4.92 Å². The Balaban J connectivity index is 2.75. The van der Waals surface area contributed by atoms with Crippen molar-refractivity contribution < 1.29 is 4.92 Å². The van der Waals surface area contributed by atoms with Gasteiger partial charge in [0.2, 0.25) is 0 Å². The highest BCUT2D eigenvalue weighted by Crippen LogP contribution is 2.42. The lowest BCUT2D eigenvalue weighted by atomic mass is 10.2. The Kier molecular flexibility index (Phi) is 3.56. The molecule has 0 bridgehead atoms. The molecule has 0 atom stereocenters. The van der Waals surface area contributed by atoms with E-state index in [2.05, 4.69) is 4.98 Å². The molecule has 0 aliphatic rings. The molecule has 0 unspecified atom stereocenters. The third-order valence-electron chi connectivity index (χ3n) is 2.51. The number of nitro groups is 1. The normalized spacial score (nSPS) is 10.7. The van der Waals surface area contributed by atoms with Gasteiger partial charge in [-0.2, -0.15) is 0 Å². The van der Waals surface area contributed by atoms with Crippen LogP contribution in [0.15, 0.2) is 12.1 Å². The van der Waals surface area contributed by atoms with Crippen molar-refractivity contribution >= 4 is 40.2 Å². The Morgan fingerprint density at radius 3 is 2.50 bits per heavy atom. The molecule has 0 N–H and O–H groups in total. The van der Waals surface area contributed by atoms with Crippen LogP contribution in [0.1, 0.15) is 10.6 Å². The van der Waals surface area contributed by atoms with Crippen LogP contribution in [0.5, 0.6) is 0 Å². The van der Waals surface area contributed by atoms with E-state index in [1.807, 2.05) is 13.8 Å². The number of aromatic nitrogens is 1. The van der Waals surface area contributed by atoms with Gasteiger partial charge in [-0.25, -0.2) is 4.98 Å². The summed E-state index contributed by atoms with van der Waals surface area (Å²) in [5.41, 5.74) is 1.04. The largest absolute Gasteiger partial charge is 0.281 e. The Hall–Kier alpha value is -1.17. The summed E-state index contributed by atoms with van der Waals surface area (Å²) < 4.78 is 0. The number of hydrogen-bond acceptors (Lipinski definition) is 4. The molecule has 0 amide bonds. The molecule has 1 heterocycles. The van der Waals surface area contributed by atoms with Gasteiger partial charge in [0, 0.05) is 10.9 Å². The molecule has 7 heteroatoms. The molecule has 0 spiro atoms. The molecule has 0 saturated heterocycles. The zero-order valence-corrected chi connectivity index (χ0v) is 11.9. The average Bonchev–Trinajstić information content (AvgIpc) is 2.62. The van der Waals surface area contributed by atoms with Crippen LogP contribution in [-0.2, 0) is 0 Å². The number of rotatable bonds is 2. The van der Waals surface area contributed by atoms with Crippen molar-refractivity contribution in [2.45, 2.75) is 13.8 Å².